The number of hydrogen-bond acceptors (Lipinski definition) is 3. The van der Waals surface area contributed by atoms with Crippen molar-refractivity contribution in [2.45, 2.75) is 19.8 Å². The van der Waals surface area contributed by atoms with Crippen LogP contribution >= 0.6 is 0 Å². The van der Waals surface area contributed by atoms with Gasteiger partial charge in [-0.1, -0.05) is 13.3 Å². The molecule has 2 heterocycles. The highest BCUT2D eigenvalue weighted by molar-refractivity contribution is 6.35. The number of piperazine rings is 1. The lowest BCUT2D eigenvalue weighted by Crippen LogP contribution is -2.54. The lowest BCUT2D eigenvalue weighted by molar-refractivity contribution is -0.146. The highest BCUT2D eigenvalue weighted by Gasteiger charge is 2.28. The second kappa shape index (κ2) is 8.20. The van der Waals surface area contributed by atoms with Crippen LogP contribution in [0.4, 0.5) is 4.39 Å². The zero-order valence-corrected chi connectivity index (χ0v) is 15.3. The molecule has 144 valence electrons. The van der Waals surface area contributed by atoms with Gasteiger partial charge in [0, 0.05) is 43.6 Å². The average molecular weight is 374 g/mol. The van der Waals surface area contributed by atoms with Crippen LogP contribution in [-0.4, -0.2) is 65.2 Å². The first-order chi connectivity index (χ1) is 13.0. The van der Waals surface area contributed by atoms with Gasteiger partial charge in [0.25, 0.3) is 5.91 Å². The molecule has 1 aromatic heterocycles. The molecular formula is C19H23FN4O3. The Morgan fingerprint density at radius 2 is 1.81 bits per heavy atom. The number of nitrogens with one attached hydrogen (secondary N) is 2. The minimum atomic E-state index is -0.596. The Bertz CT molecular complexity index is 856. The summed E-state index contributed by atoms with van der Waals surface area (Å²) in [6.45, 7) is 3.79. The van der Waals surface area contributed by atoms with E-state index in [-0.39, 0.29) is 11.7 Å². The SMILES string of the molecule is CCCCNC(=O)C(=O)N1CCN(C(=O)c2cc3cc(F)ccc3[nH]2)CC1. The van der Waals surface area contributed by atoms with E-state index in [1.165, 1.54) is 17.0 Å². The molecule has 1 fully saturated rings. The molecule has 1 aliphatic heterocycles. The number of H-pyrrole nitrogens is 1. The Kier molecular flexibility index (Phi) is 5.73. The quantitative estimate of drug-likeness (QED) is 0.628. The zero-order valence-electron chi connectivity index (χ0n) is 15.3. The Morgan fingerprint density at radius 3 is 2.52 bits per heavy atom. The van der Waals surface area contributed by atoms with E-state index in [0.29, 0.717) is 49.3 Å². The highest BCUT2D eigenvalue weighted by atomic mass is 19.1. The fraction of sp³-hybridized carbons (Fsp3) is 0.421. The van der Waals surface area contributed by atoms with Crippen molar-refractivity contribution < 1.29 is 18.8 Å². The largest absolute Gasteiger partial charge is 0.351 e. The molecule has 2 aromatic rings. The second-order valence-electron chi connectivity index (χ2n) is 6.61. The number of fused-ring (bicyclic) bond motifs is 1. The molecule has 1 aliphatic rings. The van der Waals surface area contributed by atoms with Crippen molar-refractivity contribution in [3.63, 3.8) is 0 Å². The lowest BCUT2D eigenvalue weighted by Gasteiger charge is -2.34. The van der Waals surface area contributed by atoms with Crippen LogP contribution < -0.4 is 5.32 Å². The summed E-state index contributed by atoms with van der Waals surface area (Å²) in [5, 5.41) is 3.25. The maximum absolute atomic E-state index is 13.3. The normalized spacial score (nSPS) is 14.4. The molecule has 27 heavy (non-hydrogen) atoms. The van der Waals surface area contributed by atoms with Crippen LogP contribution in [0.1, 0.15) is 30.3 Å². The molecule has 1 aromatic carbocycles. The van der Waals surface area contributed by atoms with Gasteiger partial charge in [-0.15, -0.1) is 0 Å². The first kappa shape index (κ1) is 18.9. The van der Waals surface area contributed by atoms with Crippen molar-refractivity contribution in [2.75, 3.05) is 32.7 Å². The average Bonchev–Trinajstić information content (AvgIpc) is 3.10. The number of carbonyl (C=O) groups excluding carboxylic acids is 3. The Morgan fingerprint density at radius 1 is 1.11 bits per heavy atom. The van der Waals surface area contributed by atoms with E-state index >= 15 is 0 Å². The summed E-state index contributed by atoms with van der Waals surface area (Å²) >= 11 is 0. The van der Waals surface area contributed by atoms with Gasteiger partial charge in [-0.25, -0.2) is 4.39 Å². The minimum absolute atomic E-state index is 0.203. The van der Waals surface area contributed by atoms with Crippen LogP contribution in [0.5, 0.6) is 0 Å². The van der Waals surface area contributed by atoms with E-state index in [2.05, 4.69) is 10.3 Å². The molecule has 3 amide bonds. The number of nitrogens with zero attached hydrogens (tertiary/aromatic N) is 2. The monoisotopic (exact) mass is 374 g/mol. The van der Waals surface area contributed by atoms with E-state index in [4.69, 9.17) is 0 Å². The van der Waals surface area contributed by atoms with Gasteiger partial charge in [-0.2, -0.15) is 0 Å². The Hall–Kier alpha value is -2.90. The van der Waals surface area contributed by atoms with E-state index in [0.717, 1.165) is 12.8 Å². The summed E-state index contributed by atoms with van der Waals surface area (Å²) in [7, 11) is 0. The molecule has 3 rings (SSSR count). The van der Waals surface area contributed by atoms with E-state index in [1.54, 1.807) is 17.0 Å². The van der Waals surface area contributed by atoms with Crippen molar-refractivity contribution in [2.24, 2.45) is 0 Å². The molecule has 0 radical (unpaired) electrons. The number of carbonyl (C=O) groups is 3. The van der Waals surface area contributed by atoms with Crippen molar-refractivity contribution in [1.82, 2.24) is 20.1 Å². The standard InChI is InChI=1S/C19H23FN4O3/c1-2-3-6-21-17(25)19(27)24-9-7-23(8-10-24)18(26)16-12-13-11-14(20)4-5-15(13)22-16/h4-5,11-12,22H,2-3,6-10H2,1H3,(H,21,25). The topological polar surface area (TPSA) is 85.5 Å². The molecule has 0 bridgehead atoms. The molecule has 0 unspecified atom stereocenters. The predicted molar refractivity (Wildman–Crippen MR) is 98.7 cm³/mol. The number of benzene rings is 1. The number of halogens is 1. The molecule has 0 atom stereocenters. The van der Waals surface area contributed by atoms with Gasteiger partial charge in [0.05, 0.1) is 0 Å². The number of amides is 3. The minimum Gasteiger partial charge on any atom is -0.351 e. The van der Waals surface area contributed by atoms with Gasteiger partial charge < -0.3 is 20.1 Å². The summed E-state index contributed by atoms with van der Waals surface area (Å²) < 4.78 is 13.3. The summed E-state index contributed by atoms with van der Waals surface area (Å²) in [6, 6.07) is 5.92. The van der Waals surface area contributed by atoms with Gasteiger partial charge in [0.1, 0.15) is 11.5 Å². The van der Waals surface area contributed by atoms with Gasteiger partial charge in [0.15, 0.2) is 0 Å². The fourth-order valence-electron chi connectivity index (χ4n) is 3.10. The van der Waals surface area contributed by atoms with Crippen LogP contribution in [0.25, 0.3) is 10.9 Å². The van der Waals surface area contributed by atoms with Gasteiger partial charge >= 0.3 is 11.8 Å². The third-order valence-electron chi connectivity index (χ3n) is 4.68. The number of unbranched alkanes of at least 4 members (excludes halogenated alkanes) is 1. The smallest absolute Gasteiger partial charge is 0.312 e. The van der Waals surface area contributed by atoms with E-state index in [1.807, 2.05) is 6.92 Å². The van der Waals surface area contributed by atoms with E-state index in [9.17, 15) is 18.8 Å². The van der Waals surface area contributed by atoms with E-state index < -0.39 is 11.8 Å². The van der Waals surface area contributed by atoms with Crippen molar-refractivity contribution in [3.05, 3.63) is 35.8 Å². The fourth-order valence-corrected chi connectivity index (χ4v) is 3.10. The summed E-state index contributed by atoms with van der Waals surface area (Å²) in [6.07, 6.45) is 1.77. The number of rotatable bonds is 4. The van der Waals surface area contributed by atoms with Crippen LogP contribution in [0.2, 0.25) is 0 Å². The summed E-state index contributed by atoms with van der Waals surface area (Å²) in [5.41, 5.74) is 1.07. The van der Waals surface area contributed by atoms with Gasteiger partial charge in [-0.3, -0.25) is 14.4 Å². The maximum atomic E-state index is 13.3. The molecule has 7 nitrogen and oxygen atoms in total. The maximum Gasteiger partial charge on any atom is 0.312 e. The highest BCUT2D eigenvalue weighted by Crippen LogP contribution is 2.18. The zero-order chi connectivity index (χ0) is 19.4. The molecule has 1 saturated heterocycles. The summed E-state index contributed by atoms with van der Waals surface area (Å²) in [4.78, 5) is 42.8. The molecule has 0 saturated carbocycles. The van der Waals surface area contributed by atoms with Gasteiger partial charge in [-0.05, 0) is 30.7 Å². The number of aromatic nitrogens is 1. The lowest BCUT2D eigenvalue weighted by atomic mass is 10.2. The molecule has 8 heteroatoms. The van der Waals surface area contributed by atoms with Gasteiger partial charge in [0.2, 0.25) is 0 Å². The molecule has 0 spiro atoms. The van der Waals surface area contributed by atoms with Crippen molar-refractivity contribution >= 4 is 28.6 Å². The molecule has 0 aliphatic carbocycles. The van der Waals surface area contributed by atoms with Crippen LogP contribution in [0.3, 0.4) is 0 Å². The number of hydrogen-bond donors (Lipinski definition) is 2. The van der Waals surface area contributed by atoms with Crippen molar-refractivity contribution in [3.8, 4) is 0 Å². The van der Waals surface area contributed by atoms with Crippen LogP contribution in [0.15, 0.2) is 24.3 Å². The van der Waals surface area contributed by atoms with Crippen LogP contribution in [0, 0.1) is 5.82 Å². The second-order valence-corrected chi connectivity index (χ2v) is 6.61. The molecular weight excluding hydrogens is 351 g/mol. The van der Waals surface area contributed by atoms with Crippen molar-refractivity contribution in [1.29, 1.82) is 0 Å². The first-order valence-corrected chi connectivity index (χ1v) is 9.14. The third kappa shape index (κ3) is 4.27. The Balaban J connectivity index is 1.57. The first-order valence-electron chi connectivity index (χ1n) is 9.14. The predicted octanol–water partition coefficient (Wildman–Crippen LogP) is 1.51. The molecule has 2 N–H and O–H groups in total. The Labute approximate surface area is 156 Å². The third-order valence-corrected chi connectivity index (χ3v) is 4.68. The number of aromatic amines is 1. The summed E-state index contributed by atoms with van der Waals surface area (Å²) in [5.74, 6) is -1.71. The van der Waals surface area contributed by atoms with Crippen LogP contribution in [-0.2, 0) is 9.59 Å².